The van der Waals surface area contributed by atoms with Gasteiger partial charge in [-0.1, -0.05) is 6.92 Å². The summed E-state index contributed by atoms with van der Waals surface area (Å²) < 4.78 is 77.5. The Balaban J connectivity index is 2.32. The van der Waals surface area contributed by atoms with E-state index >= 15 is 0 Å². The molecular formula is C15H16F6N2O2. The first-order valence-corrected chi connectivity index (χ1v) is 7.60. The van der Waals surface area contributed by atoms with Gasteiger partial charge in [0.1, 0.15) is 5.56 Å². The number of nitro groups is 1. The molecule has 140 valence electrons. The normalized spacial score (nSPS) is 20.0. The Hall–Kier alpha value is -2.00. The van der Waals surface area contributed by atoms with Crippen LogP contribution in [0.4, 0.5) is 37.7 Å². The molecule has 1 aliphatic rings. The SMILES string of the molecule is CC(C[C@H]1CCCN1c1ccc([N+](=O)[O-])c(C(F)(F)F)c1)C(F)(F)F. The van der Waals surface area contributed by atoms with Crippen molar-refractivity contribution in [1.82, 2.24) is 0 Å². The smallest absolute Gasteiger partial charge is 0.369 e. The molecule has 1 aromatic carbocycles. The molecule has 4 nitrogen and oxygen atoms in total. The maximum absolute atomic E-state index is 13.1. The van der Waals surface area contributed by atoms with Gasteiger partial charge < -0.3 is 4.90 Å². The molecule has 0 aliphatic carbocycles. The van der Waals surface area contributed by atoms with Gasteiger partial charge in [-0.3, -0.25) is 10.1 Å². The minimum absolute atomic E-state index is 0.0507. The highest BCUT2D eigenvalue weighted by Crippen LogP contribution is 2.41. The molecule has 1 fully saturated rings. The number of hydrogen-bond donors (Lipinski definition) is 0. The maximum atomic E-state index is 13.1. The van der Waals surface area contributed by atoms with Crippen molar-refractivity contribution < 1.29 is 31.3 Å². The standard InChI is InChI=1S/C15H16F6N2O2/c1-9(14(16,17)18)7-10-3-2-6-22(10)11-4-5-13(23(24)25)12(8-11)15(19,20)21/h4-5,8-10H,2-3,6-7H2,1H3/t9?,10-/m1/s1. The average molecular weight is 370 g/mol. The number of alkyl halides is 6. The predicted molar refractivity (Wildman–Crippen MR) is 78.3 cm³/mol. The van der Waals surface area contributed by atoms with Crippen molar-refractivity contribution >= 4 is 11.4 Å². The van der Waals surface area contributed by atoms with E-state index in [0.717, 1.165) is 19.1 Å². The minimum atomic E-state index is -4.92. The number of hydrogen-bond acceptors (Lipinski definition) is 3. The van der Waals surface area contributed by atoms with Gasteiger partial charge in [0.2, 0.25) is 0 Å². The molecule has 0 N–H and O–H groups in total. The summed E-state index contributed by atoms with van der Waals surface area (Å²) in [6, 6.07) is 2.00. The van der Waals surface area contributed by atoms with Gasteiger partial charge in [0.15, 0.2) is 0 Å². The molecule has 1 unspecified atom stereocenters. The van der Waals surface area contributed by atoms with Crippen molar-refractivity contribution in [1.29, 1.82) is 0 Å². The van der Waals surface area contributed by atoms with E-state index in [4.69, 9.17) is 0 Å². The second-order valence-electron chi connectivity index (χ2n) is 6.12. The van der Waals surface area contributed by atoms with Gasteiger partial charge in [0.05, 0.1) is 10.8 Å². The summed E-state index contributed by atoms with van der Waals surface area (Å²) in [5.74, 6) is -1.58. The van der Waals surface area contributed by atoms with Crippen LogP contribution in [0.15, 0.2) is 18.2 Å². The number of nitro benzene ring substituents is 1. The summed E-state index contributed by atoms with van der Waals surface area (Å²) in [5, 5.41) is 10.8. The van der Waals surface area contributed by atoms with Crippen molar-refractivity contribution in [2.75, 3.05) is 11.4 Å². The molecule has 0 radical (unpaired) electrons. The lowest BCUT2D eigenvalue weighted by Crippen LogP contribution is -2.34. The first kappa shape index (κ1) is 19.3. The molecule has 1 heterocycles. The van der Waals surface area contributed by atoms with E-state index in [1.807, 2.05) is 0 Å². The van der Waals surface area contributed by atoms with Crippen molar-refractivity contribution in [3.8, 4) is 0 Å². The summed E-state index contributed by atoms with van der Waals surface area (Å²) >= 11 is 0. The van der Waals surface area contributed by atoms with Gasteiger partial charge in [0, 0.05) is 24.3 Å². The fourth-order valence-electron chi connectivity index (χ4n) is 3.05. The van der Waals surface area contributed by atoms with Gasteiger partial charge >= 0.3 is 12.4 Å². The zero-order valence-corrected chi connectivity index (χ0v) is 13.2. The van der Waals surface area contributed by atoms with Gasteiger partial charge in [-0.2, -0.15) is 26.3 Å². The Labute approximate surface area is 139 Å². The van der Waals surface area contributed by atoms with Crippen LogP contribution in [0, 0.1) is 16.0 Å². The molecule has 1 aliphatic heterocycles. The number of rotatable bonds is 4. The fourth-order valence-corrected chi connectivity index (χ4v) is 3.05. The molecule has 2 rings (SSSR count). The lowest BCUT2D eigenvalue weighted by molar-refractivity contribution is -0.388. The Bertz CT molecular complexity index is 644. The highest BCUT2D eigenvalue weighted by atomic mass is 19.4. The average Bonchev–Trinajstić information content (AvgIpc) is 2.92. The molecule has 0 bridgehead atoms. The van der Waals surface area contributed by atoms with Crippen LogP contribution in [-0.4, -0.2) is 23.7 Å². The van der Waals surface area contributed by atoms with Crippen LogP contribution in [0.1, 0.15) is 31.7 Å². The summed E-state index contributed by atoms with van der Waals surface area (Å²) in [7, 11) is 0. The molecule has 0 amide bonds. The van der Waals surface area contributed by atoms with Crippen molar-refractivity contribution in [2.45, 2.75) is 44.6 Å². The largest absolute Gasteiger partial charge is 0.423 e. The Morgan fingerprint density at radius 2 is 1.92 bits per heavy atom. The predicted octanol–water partition coefficient (Wildman–Crippen LogP) is 5.17. The van der Waals surface area contributed by atoms with Crippen LogP contribution < -0.4 is 4.90 Å². The zero-order chi connectivity index (χ0) is 19.0. The third-order valence-electron chi connectivity index (χ3n) is 4.38. The quantitative estimate of drug-likeness (QED) is 0.417. The summed E-state index contributed by atoms with van der Waals surface area (Å²) in [6.45, 7) is 1.35. The van der Waals surface area contributed by atoms with E-state index in [2.05, 4.69) is 0 Å². The summed E-state index contributed by atoms with van der Waals surface area (Å²) in [5.41, 5.74) is -2.42. The van der Waals surface area contributed by atoms with E-state index < -0.39 is 40.5 Å². The Morgan fingerprint density at radius 3 is 2.44 bits per heavy atom. The van der Waals surface area contributed by atoms with Crippen molar-refractivity contribution in [2.24, 2.45) is 5.92 Å². The maximum Gasteiger partial charge on any atom is 0.423 e. The molecular weight excluding hydrogens is 354 g/mol. The second kappa shape index (κ2) is 6.72. The first-order valence-electron chi connectivity index (χ1n) is 7.60. The third-order valence-corrected chi connectivity index (χ3v) is 4.38. The van der Waals surface area contributed by atoms with Crippen LogP contribution in [0.2, 0.25) is 0 Å². The van der Waals surface area contributed by atoms with Gasteiger partial charge in [0.25, 0.3) is 5.69 Å². The highest BCUT2D eigenvalue weighted by molar-refractivity contribution is 5.57. The van der Waals surface area contributed by atoms with Crippen molar-refractivity contribution in [3.05, 3.63) is 33.9 Å². The first-order chi connectivity index (χ1) is 11.4. The van der Waals surface area contributed by atoms with Crippen LogP contribution in [0.5, 0.6) is 0 Å². The number of halogens is 6. The van der Waals surface area contributed by atoms with E-state index in [1.165, 1.54) is 4.90 Å². The van der Waals surface area contributed by atoms with Crippen LogP contribution in [0.3, 0.4) is 0 Å². The monoisotopic (exact) mass is 370 g/mol. The van der Waals surface area contributed by atoms with Gasteiger partial charge in [-0.25, -0.2) is 0 Å². The number of benzene rings is 1. The minimum Gasteiger partial charge on any atom is -0.369 e. The summed E-state index contributed by atoms with van der Waals surface area (Å²) in [6.07, 6.45) is -8.55. The topological polar surface area (TPSA) is 46.4 Å². The molecule has 0 aromatic heterocycles. The van der Waals surface area contributed by atoms with Gasteiger partial charge in [-0.05, 0) is 31.4 Å². The Kier molecular flexibility index (Phi) is 5.19. The molecule has 2 atom stereocenters. The second-order valence-corrected chi connectivity index (χ2v) is 6.12. The molecule has 0 saturated carbocycles. The number of nitrogens with zero attached hydrogens (tertiary/aromatic N) is 2. The van der Waals surface area contributed by atoms with E-state index in [1.54, 1.807) is 0 Å². The molecule has 1 aromatic rings. The zero-order valence-electron chi connectivity index (χ0n) is 13.2. The molecule has 1 saturated heterocycles. The third kappa shape index (κ3) is 4.35. The number of anilines is 1. The molecule has 0 spiro atoms. The lowest BCUT2D eigenvalue weighted by atomic mass is 9.99. The van der Waals surface area contributed by atoms with E-state index in [0.29, 0.717) is 25.5 Å². The highest BCUT2D eigenvalue weighted by Gasteiger charge is 2.41. The van der Waals surface area contributed by atoms with E-state index in [9.17, 15) is 36.5 Å². The van der Waals surface area contributed by atoms with Gasteiger partial charge in [-0.15, -0.1) is 0 Å². The molecule has 25 heavy (non-hydrogen) atoms. The fraction of sp³-hybridized carbons (Fsp3) is 0.600. The summed E-state index contributed by atoms with van der Waals surface area (Å²) in [4.78, 5) is 11.1. The Morgan fingerprint density at radius 1 is 1.28 bits per heavy atom. The van der Waals surface area contributed by atoms with Crippen LogP contribution in [-0.2, 0) is 6.18 Å². The van der Waals surface area contributed by atoms with Crippen LogP contribution in [0.25, 0.3) is 0 Å². The van der Waals surface area contributed by atoms with E-state index in [-0.39, 0.29) is 12.1 Å². The van der Waals surface area contributed by atoms with Crippen LogP contribution >= 0.6 is 0 Å². The lowest BCUT2D eigenvalue weighted by Gasteiger charge is -2.30. The van der Waals surface area contributed by atoms with Crippen molar-refractivity contribution in [3.63, 3.8) is 0 Å². The molecule has 10 heteroatoms.